The van der Waals surface area contributed by atoms with Gasteiger partial charge in [0.05, 0.1) is 42.2 Å². The van der Waals surface area contributed by atoms with E-state index in [0.29, 0.717) is 64.6 Å². The summed E-state index contributed by atoms with van der Waals surface area (Å²) in [4.78, 5) is 65.8. The Hall–Kier alpha value is -4.18. The highest BCUT2D eigenvalue weighted by Crippen LogP contribution is 2.75. The minimum atomic E-state index is -4.51. The molecule has 7 rings (SSSR count). The zero-order valence-electron chi connectivity index (χ0n) is 37.1. The topological polar surface area (TPSA) is 148 Å². The Morgan fingerprint density at radius 2 is 1.76 bits per heavy atom. The van der Waals surface area contributed by atoms with Crippen molar-refractivity contribution in [2.24, 2.45) is 11.8 Å². The number of carbonyl (C=O) groups is 3. The number of nitrogens with zero attached hydrogens (tertiary/aromatic N) is 3. The molecule has 2 aliphatic heterocycles. The molecule has 0 bridgehead atoms. The summed E-state index contributed by atoms with van der Waals surface area (Å²) in [5.41, 5.74) is 0.739. The summed E-state index contributed by atoms with van der Waals surface area (Å²) in [6.07, 6.45) is -4.45. The lowest BCUT2D eigenvalue weighted by Gasteiger charge is -2.30. The molecule has 2 saturated heterocycles. The van der Waals surface area contributed by atoms with E-state index in [0.717, 1.165) is 31.0 Å². The van der Waals surface area contributed by atoms with Crippen LogP contribution in [-0.2, 0) is 25.1 Å². The summed E-state index contributed by atoms with van der Waals surface area (Å²) in [5, 5.41) is 4.96. The molecule has 4 aromatic rings. The van der Waals surface area contributed by atoms with Crippen LogP contribution in [0, 0.1) is 23.5 Å². The number of methoxy groups -OCH3 is 1. The highest BCUT2D eigenvalue weighted by Gasteiger charge is 2.66. The summed E-state index contributed by atoms with van der Waals surface area (Å²) in [6, 6.07) is 7.17. The SMILES string of the molecule is COc1ccc2c(O[C@@H]3C[C@H]4C(=O)C[C@]5(P(=O)(O)Cc6c(F)cccc6F)C[C@H]5CCCCCCCC(CC(=O)CCCC(F)(F)F)C(=O)N4C3)cc(-c3csc(NC(C)C)n3)nc2c1Cl. The predicted octanol–water partition coefficient (Wildman–Crippen LogP) is 11.7. The summed E-state index contributed by atoms with van der Waals surface area (Å²) in [7, 11) is -3.04. The van der Waals surface area contributed by atoms with E-state index in [1.54, 1.807) is 18.2 Å². The van der Waals surface area contributed by atoms with Crippen molar-refractivity contribution in [1.29, 1.82) is 0 Å². The molecule has 2 aromatic carbocycles. The molecule has 0 spiro atoms. The van der Waals surface area contributed by atoms with Gasteiger partial charge in [0.1, 0.15) is 45.7 Å². The summed E-state index contributed by atoms with van der Waals surface area (Å²) in [5.74, 6) is -4.19. The van der Waals surface area contributed by atoms with Gasteiger partial charge in [-0.1, -0.05) is 49.8 Å². The van der Waals surface area contributed by atoms with E-state index in [1.807, 2.05) is 19.2 Å². The van der Waals surface area contributed by atoms with Gasteiger partial charge < -0.3 is 24.6 Å². The van der Waals surface area contributed by atoms with Gasteiger partial charge in [-0.15, -0.1) is 11.3 Å². The largest absolute Gasteiger partial charge is 0.495 e. The van der Waals surface area contributed by atoms with E-state index in [2.05, 4.69) is 5.32 Å². The van der Waals surface area contributed by atoms with Crippen LogP contribution < -0.4 is 14.8 Å². The summed E-state index contributed by atoms with van der Waals surface area (Å²) < 4.78 is 95.8. The molecule has 6 atom stereocenters. The molecule has 19 heteroatoms. The molecule has 3 fully saturated rings. The highest BCUT2D eigenvalue weighted by molar-refractivity contribution is 7.59. The van der Waals surface area contributed by atoms with Gasteiger partial charge in [-0.05, 0) is 69.7 Å². The number of Topliss-reactive ketones (excluding diaryl/α,β-unsaturated/α-hetero) is 2. The van der Waals surface area contributed by atoms with Crippen molar-refractivity contribution in [2.75, 3.05) is 19.0 Å². The first-order valence-corrected chi connectivity index (χ1v) is 25.6. The Morgan fingerprint density at radius 1 is 1.05 bits per heavy atom. The van der Waals surface area contributed by atoms with Gasteiger partial charge in [0.2, 0.25) is 13.3 Å². The fourth-order valence-corrected chi connectivity index (χ4v) is 13.4. The number of thiazole rings is 1. The number of carbonyl (C=O) groups excluding carboxylic acids is 3. The molecule has 2 N–H and O–H groups in total. The van der Waals surface area contributed by atoms with Crippen molar-refractivity contribution < 1.29 is 55.3 Å². The minimum absolute atomic E-state index is 0.0581. The van der Waals surface area contributed by atoms with E-state index in [9.17, 15) is 45.8 Å². The van der Waals surface area contributed by atoms with Crippen molar-refractivity contribution in [2.45, 2.75) is 139 Å². The first-order valence-electron chi connectivity index (χ1n) is 22.5. The van der Waals surface area contributed by atoms with Gasteiger partial charge in [-0.2, -0.15) is 13.2 Å². The molecule has 3 aliphatic rings. The van der Waals surface area contributed by atoms with E-state index < -0.39 is 96.9 Å². The van der Waals surface area contributed by atoms with E-state index in [-0.39, 0.29) is 55.6 Å². The number of fused-ring (bicyclic) bond motifs is 3. The molecular formula is C47H55ClF5N4O7PS. The molecule has 2 unspecified atom stereocenters. The van der Waals surface area contributed by atoms with Crippen molar-refractivity contribution in [3.8, 4) is 22.9 Å². The Balaban J connectivity index is 1.25. The highest BCUT2D eigenvalue weighted by atomic mass is 35.5. The normalized spacial score (nSPS) is 24.0. The molecule has 2 aromatic heterocycles. The van der Waals surface area contributed by atoms with Crippen LogP contribution in [0.4, 0.5) is 27.1 Å². The number of halogens is 6. The number of ether oxygens (including phenoxy) is 2. The van der Waals surface area contributed by atoms with Crippen molar-refractivity contribution in [3.05, 3.63) is 64.0 Å². The lowest BCUT2D eigenvalue weighted by Crippen LogP contribution is -2.45. The lowest BCUT2D eigenvalue weighted by atomic mass is 9.91. The van der Waals surface area contributed by atoms with Gasteiger partial charge >= 0.3 is 6.18 Å². The third-order valence-electron chi connectivity index (χ3n) is 13.1. The van der Waals surface area contributed by atoms with E-state index in [4.69, 9.17) is 31.0 Å². The quantitative estimate of drug-likeness (QED) is 0.0924. The fraction of sp³-hybridized carbons (Fsp3) is 0.553. The number of aromatic nitrogens is 2. The Labute approximate surface area is 389 Å². The number of hydrogen-bond donors (Lipinski definition) is 2. The van der Waals surface area contributed by atoms with Crippen LogP contribution in [0.15, 0.2) is 41.8 Å². The Bertz CT molecular complexity index is 2470. The maximum atomic E-state index is 15.0. The molecular weight excluding hydrogens is 926 g/mol. The third-order valence-corrected chi connectivity index (χ3v) is 17.1. The number of rotatable bonds is 14. The second-order valence-electron chi connectivity index (χ2n) is 18.3. The zero-order chi connectivity index (χ0) is 47.6. The maximum Gasteiger partial charge on any atom is 0.389 e. The standard InChI is InChI=1S/C47H55ClF5N4O7PS/c1-27(2)54-45-56-37(26-66-45)36-21-41(32-16-17-40(63-3)42(48)43(32)55-36)64-31-20-38-39(59)23-46(65(61,62)25-33-34(49)14-9-15-35(33)50)22-29(46)12-8-6-4-5-7-11-28(44(60)57(38)24-31)19-30(58)13-10-18-47(51,52)53/h9,14-17,21,26-29,31,38H,4-8,10-13,18-20,22-25H2,1-3H3,(H,54,56)(H,61,62)/t28?,29-,31-,38+,46-/m1/s1. The second-order valence-corrected chi connectivity index (χ2v) is 22.1. The van der Waals surface area contributed by atoms with Gasteiger partial charge in [0.25, 0.3) is 0 Å². The van der Waals surface area contributed by atoms with Crippen LogP contribution in [0.2, 0.25) is 5.02 Å². The number of anilines is 1. The smallest absolute Gasteiger partial charge is 0.389 e. The predicted molar refractivity (Wildman–Crippen MR) is 243 cm³/mol. The fourth-order valence-electron chi connectivity index (χ4n) is 9.61. The van der Waals surface area contributed by atoms with Crippen LogP contribution in [0.25, 0.3) is 22.3 Å². The first-order chi connectivity index (χ1) is 31.3. The number of hydrogen-bond acceptors (Lipinski definition) is 10. The number of ketones is 2. The number of pyridine rings is 1. The maximum absolute atomic E-state index is 15.0. The van der Waals surface area contributed by atoms with Crippen LogP contribution in [0.3, 0.4) is 0 Å². The van der Waals surface area contributed by atoms with Crippen LogP contribution >= 0.6 is 30.3 Å². The Morgan fingerprint density at radius 3 is 2.45 bits per heavy atom. The first kappa shape index (κ1) is 49.7. The average molecular weight is 981 g/mol. The molecule has 358 valence electrons. The Kier molecular flexibility index (Phi) is 15.5. The van der Waals surface area contributed by atoms with E-state index >= 15 is 0 Å². The van der Waals surface area contributed by atoms with Gasteiger partial charge in [-0.25, -0.2) is 18.7 Å². The zero-order valence-corrected chi connectivity index (χ0v) is 39.6. The second kappa shape index (κ2) is 20.6. The number of alkyl halides is 3. The van der Waals surface area contributed by atoms with Crippen LogP contribution in [0.5, 0.6) is 11.5 Å². The average Bonchev–Trinajstić information content (AvgIpc) is 3.51. The molecule has 11 nitrogen and oxygen atoms in total. The molecule has 1 aliphatic carbocycles. The summed E-state index contributed by atoms with van der Waals surface area (Å²) in [6.45, 7) is 3.83. The lowest BCUT2D eigenvalue weighted by molar-refractivity contribution is -0.143. The van der Waals surface area contributed by atoms with Crippen molar-refractivity contribution >= 4 is 63.8 Å². The van der Waals surface area contributed by atoms with Crippen LogP contribution in [0.1, 0.15) is 109 Å². The summed E-state index contributed by atoms with van der Waals surface area (Å²) >= 11 is 8.22. The van der Waals surface area contributed by atoms with Crippen LogP contribution in [-0.4, -0.2) is 80.4 Å². The van der Waals surface area contributed by atoms with Gasteiger partial charge in [-0.3, -0.25) is 18.9 Å². The number of benzene rings is 2. The van der Waals surface area contributed by atoms with Crippen molar-refractivity contribution in [1.82, 2.24) is 14.9 Å². The van der Waals surface area contributed by atoms with Gasteiger partial charge in [0.15, 0.2) is 10.9 Å². The molecule has 1 amide bonds. The molecule has 1 saturated carbocycles. The monoisotopic (exact) mass is 980 g/mol. The third kappa shape index (κ3) is 11.4. The van der Waals surface area contributed by atoms with Crippen molar-refractivity contribution in [3.63, 3.8) is 0 Å². The van der Waals surface area contributed by atoms with E-state index in [1.165, 1.54) is 23.3 Å². The minimum Gasteiger partial charge on any atom is -0.495 e. The van der Waals surface area contributed by atoms with Gasteiger partial charge in [0, 0.05) is 66.5 Å². The molecule has 66 heavy (non-hydrogen) atoms. The molecule has 0 radical (unpaired) electrons. The number of amides is 1. The number of nitrogens with one attached hydrogen (secondary N) is 1. The molecule has 4 heterocycles.